The molecule has 1 atom stereocenters. The molecule has 0 saturated heterocycles. The van der Waals surface area contributed by atoms with Crippen LogP contribution in [0.3, 0.4) is 0 Å². The number of allylic oxidation sites excluding steroid dienone is 1. The Hall–Kier alpha value is -1.04. The second kappa shape index (κ2) is 5.64. The fourth-order valence-electron chi connectivity index (χ4n) is 1.43. The molecule has 0 spiro atoms. The van der Waals surface area contributed by atoms with E-state index in [1.54, 1.807) is 0 Å². The first kappa shape index (κ1) is 11.0. The molecule has 0 bridgehead atoms. The maximum Gasteiger partial charge on any atom is -0.0193 e. The minimum atomic E-state index is 0.680. The minimum absolute atomic E-state index is 0.680. The monoisotopic (exact) mass is 188 g/mol. The molecule has 0 fully saturated rings. The van der Waals surface area contributed by atoms with Crippen molar-refractivity contribution < 1.29 is 0 Å². The van der Waals surface area contributed by atoms with Crippen LogP contribution in [-0.4, -0.2) is 0 Å². The van der Waals surface area contributed by atoms with Crippen molar-refractivity contribution in [2.45, 2.75) is 39.5 Å². The molecule has 1 aromatic carbocycles. The summed E-state index contributed by atoms with van der Waals surface area (Å²) in [4.78, 5) is 0. The molecule has 1 rings (SSSR count). The van der Waals surface area contributed by atoms with Crippen LogP contribution in [0.25, 0.3) is 6.08 Å². The molecule has 1 unspecified atom stereocenters. The summed E-state index contributed by atoms with van der Waals surface area (Å²) in [6.07, 6.45) is 6.69. The zero-order chi connectivity index (χ0) is 10.4. The second-order valence-electron chi connectivity index (χ2n) is 3.79. The molecule has 0 amide bonds. The molecule has 0 aromatic heterocycles. The van der Waals surface area contributed by atoms with Gasteiger partial charge in [0.1, 0.15) is 0 Å². The van der Waals surface area contributed by atoms with Gasteiger partial charge >= 0.3 is 0 Å². The molecular formula is C14H20. The van der Waals surface area contributed by atoms with E-state index in [4.69, 9.17) is 0 Å². The third-order valence-corrected chi connectivity index (χ3v) is 2.66. The molecule has 0 aliphatic carbocycles. The lowest BCUT2D eigenvalue weighted by Gasteiger charge is -2.08. The van der Waals surface area contributed by atoms with Gasteiger partial charge in [0.15, 0.2) is 0 Å². The molecular weight excluding hydrogens is 168 g/mol. The van der Waals surface area contributed by atoms with Crippen LogP contribution in [0.2, 0.25) is 0 Å². The first-order valence-electron chi connectivity index (χ1n) is 5.54. The van der Waals surface area contributed by atoms with Crippen LogP contribution < -0.4 is 0 Å². The van der Waals surface area contributed by atoms with Gasteiger partial charge < -0.3 is 0 Å². The van der Waals surface area contributed by atoms with Crippen LogP contribution in [0.1, 0.15) is 50.7 Å². The van der Waals surface area contributed by atoms with Gasteiger partial charge in [-0.1, -0.05) is 57.2 Å². The third kappa shape index (κ3) is 3.02. The van der Waals surface area contributed by atoms with Crippen molar-refractivity contribution in [2.75, 3.05) is 0 Å². The number of hydrogen-bond donors (Lipinski definition) is 0. The lowest BCUT2D eigenvalue weighted by molar-refractivity contribution is 0.733. The number of benzene rings is 1. The van der Waals surface area contributed by atoms with E-state index in [0.29, 0.717) is 5.92 Å². The summed E-state index contributed by atoms with van der Waals surface area (Å²) in [6, 6.07) is 8.88. The normalized spacial score (nSPS) is 13.4. The molecule has 0 nitrogen and oxygen atoms in total. The molecule has 0 heteroatoms. The van der Waals surface area contributed by atoms with Crippen molar-refractivity contribution >= 4 is 6.08 Å². The average Bonchev–Trinajstić information content (AvgIpc) is 2.26. The Balaban J connectivity index is 2.73. The van der Waals surface area contributed by atoms with Gasteiger partial charge in [-0.25, -0.2) is 0 Å². The van der Waals surface area contributed by atoms with Crippen molar-refractivity contribution in [3.63, 3.8) is 0 Å². The summed E-state index contributed by atoms with van der Waals surface area (Å²) < 4.78 is 0. The van der Waals surface area contributed by atoms with Crippen LogP contribution in [-0.2, 0) is 0 Å². The lowest BCUT2D eigenvalue weighted by atomic mass is 9.97. The smallest absolute Gasteiger partial charge is 0.0193 e. The average molecular weight is 188 g/mol. The van der Waals surface area contributed by atoms with Crippen molar-refractivity contribution in [2.24, 2.45) is 0 Å². The van der Waals surface area contributed by atoms with Crippen LogP contribution in [0.15, 0.2) is 30.3 Å². The van der Waals surface area contributed by atoms with Gasteiger partial charge in [0, 0.05) is 0 Å². The predicted octanol–water partition coefficient (Wildman–Crippen LogP) is 4.62. The Labute approximate surface area is 87.7 Å². The van der Waals surface area contributed by atoms with Crippen molar-refractivity contribution in [3.8, 4) is 0 Å². The first-order valence-corrected chi connectivity index (χ1v) is 5.54. The fraction of sp³-hybridized carbons (Fsp3) is 0.429. The SMILES string of the molecule is CCC=Cc1ccc(C(C)CC)cc1. The van der Waals surface area contributed by atoms with Crippen molar-refractivity contribution in [3.05, 3.63) is 41.5 Å². The molecule has 0 radical (unpaired) electrons. The standard InChI is InChI=1S/C14H20/c1-4-6-7-13-8-10-14(11-9-13)12(3)5-2/h6-12H,4-5H2,1-3H3. The zero-order valence-corrected chi connectivity index (χ0v) is 9.46. The first-order chi connectivity index (χ1) is 6.77. The van der Waals surface area contributed by atoms with Gasteiger partial charge in [0.05, 0.1) is 0 Å². The van der Waals surface area contributed by atoms with Crippen LogP contribution in [0.4, 0.5) is 0 Å². The molecule has 0 aliphatic heterocycles. The van der Waals surface area contributed by atoms with Crippen molar-refractivity contribution in [1.82, 2.24) is 0 Å². The quantitative estimate of drug-likeness (QED) is 0.646. The predicted molar refractivity (Wildman–Crippen MR) is 64.5 cm³/mol. The Bertz CT molecular complexity index is 279. The van der Waals surface area contributed by atoms with Gasteiger partial charge in [-0.05, 0) is 29.9 Å². The summed E-state index contributed by atoms with van der Waals surface area (Å²) in [5, 5.41) is 0. The van der Waals surface area contributed by atoms with Gasteiger partial charge in [-0.2, -0.15) is 0 Å². The van der Waals surface area contributed by atoms with E-state index in [0.717, 1.165) is 6.42 Å². The maximum atomic E-state index is 2.27. The molecule has 14 heavy (non-hydrogen) atoms. The number of rotatable bonds is 4. The molecule has 0 heterocycles. The summed E-state index contributed by atoms with van der Waals surface area (Å²) in [7, 11) is 0. The third-order valence-electron chi connectivity index (χ3n) is 2.66. The van der Waals surface area contributed by atoms with Crippen LogP contribution in [0.5, 0.6) is 0 Å². The van der Waals surface area contributed by atoms with E-state index < -0.39 is 0 Å². The highest BCUT2D eigenvalue weighted by molar-refractivity contribution is 5.49. The van der Waals surface area contributed by atoms with E-state index in [1.165, 1.54) is 17.5 Å². The van der Waals surface area contributed by atoms with Gasteiger partial charge in [-0.3, -0.25) is 0 Å². The summed E-state index contributed by atoms with van der Waals surface area (Å²) in [5.74, 6) is 0.680. The Morgan fingerprint density at radius 3 is 2.29 bits per heavy atom. The van der Waals surface area contributed by atoms with Crippen LogP contribution >= 0.6 is 0 Å². The zero-order valence-electron chi connectivity index (χ0n) is 9.46. The van der Waals surface area contributed by atoms with Crippen molar-refractivity contribution in [1.29, 1.82) is 0 Å². The second-order valence-corrected chi connectivity index (χ2v) is 3.79. The van der Waals surface area contributed by atoms with Gasteiger partial charge in [-0.15, -0.1) is 0 Å². The number of hydrogen-bond acceptors (Lipinski definition) is 0. The summed E-state index contributed by atoms with van der Waals surface area (Å²) >= 11 is 0. The van der Waals surface area contributed by atoms with E-state index >= 15 is 0 Å². The Kier molecular flexibility index (Phi) is 4.45. The molecule has 1 aromatic rings. The highest BCUT2D eigenvalue weighted by Gasteiger charge is 2.00. The van der Waals surface area contributed by atoms with Crippen LogP contribution in [0, 0.1) is 0 Å². The fourth-order valence-corrected chi connectivity index (χ4v) is 1.43. The minimum Gasteiger partial charge on any atom is -0.0842 e. The highest BCUT2D eigenvalue weighted by atomic mass is 14.1. The Morgan fingerprint density at radius 2 is 1.79 bits per heavy atom. The molecule has 76 valence electrons. The lowest BCUT2D eigenvalue weighted by Crippen LogP contribution is -1.90. The van der Waals surface area contributed by atoms with E-state index in [2.05, 4.69) is 57.2 Å². The Morgan fingerprint density at radius 1 is 1.14 bits per heavy atom. The van der Waals surface area contributed by atoms with E-state index in [9.17, 15) is 0 Å². The van der Waals surface area contributed by atoms with Gasteiger partial charge in [0.25, 0.3) is 0 Å². The maximum absolute atomic E-state index is 2.27. The topological polar surface area (TPSA) is 0 Å². The summed E-state index contributed by atoms with van der Waals surface area (Å²) in [5.41, 5.74) is 2.75. The van der Waals surface area contributed by atoms with E-state index in [1.807, 2.05) is 0 Å². The summed E-state index contributed by atoms with van der Waals surface area (Å²) in [6.45, 7) is 6.66. The molecule has 0 saturated carbocycles. The van der Waals surface area contributed by atoms with E-state index in [-0.39, 0.29) is 0 Å². The molecule has 0 aliphatic rings. The molecule has 0 N–H and O–H groups in total. The largest absolute Gasteiger partial charge is 0.0842 e. The highest BCUT2D eigenvalue weighted by Crippen LogP contribution is 2.19. The van der Waals surface area contributed by atoms with Gasteiger partial charge in [0.2, 0.25) is 0 Å².